The summed E-state index contributed by atoms with van der Waals surface area (Å²) in [5, 5.41) is 2.66. The van der Waals surface area contributed by atoms with Gasteiger partial charge in [0.1, 0.15) is 22.2 Å². The zero-order chi connectivity index (χ0) is 33.6. The Morgan fingerprint density at radius 2 is 1.62 bits per heavy atom. The minimum atomic E-state index is -0.574. The molecule has 1 unspecified atom stereocenters. The molecule has 0 bridgehead atoms. The van der Waals surface area contributed by atoms with E-state index in [4.69, 9.17) is 9.47 Å². The number of allylic oxidation sites excluding steroid dienone is 1. The van der Waals surface area contributed by atoms with Crippen molar-refractivity contribution in [1.82, 2.24) is 19.7 Å². The average molecular weight is 637 g/mol. The third kappa shape index (κ3) is 8.66. The molecule has 4 rings (SSSR count). The summed E-state index contributed by atoms with van der Waals surface area (Å²) >= 11 is 1.47. The number of likely N-dealkylation sites (N-methyl/N-ethyl adjacent to an activating group) is 1. The van der Waals surface area contributed by atoms with Crippen LogP contribution >= 0.6 is 11.3 Å². The lowest BCUT2D eigenvalue weighted by Gasteiger charge is -2.36. The second-order valence-corrected chi connectivity index (χ2v) is 11.0. The molecule has 2 aromatic carbocycles. The molecule has 8 nitrogen and oxygen atoms in total. The van der Waals surface area contributed by atoms with Gasteiger partial charge in [-0.05, 0) is 51.3 Å². The number of amides is 3. The Balaban J connectivity index is 0.00000169. The number of nitrogens with zero attached hydrogens (tertiary/aromatic N) is 4. The van der Waals surface area contributed by atoms with Gasteiger partial charge in [0.05, 0.1) is 26.3 Å². The molecule has 0 N–H and O–H groups in total. The number of ether oxygens (including phenoxy) is 2. The van der Waals surface area contributed by atoms with Crippen LogP contribution in [0.15, 0.2) is 65.7 Å². The number of thiazole rings is 1. The molecule has 1 atom stereocenters. The van der Waals surface area contributed by atoms with Crippen LogP contribution in [-0.2, 0) is 6.54 Å². The van der Waals surface area contributed by atoms with Crippen molar-refractivity contribution in [2.45, 2.75) is 80.3 Å². The lowest BCUT2D eigenvalue weighted by Crippen LogP contribution is -2.46. The lowest BCUT2D eigenvalue weighted by atomic mass is 9.91. The van der Waals surface area contributed by atoms with Gasteiger partial charge in [0, 0.05) is 42.3 Å². The van der Waals surface area contributed by atoms with Crippen LogP contribution in [0.2, 0.25) is 0 Å². The van der Waals surface area contributed by atoms with Crippen molar-refractivity contribution in [2.75, 3.05) is 33.9 Å². The number of benzene rings is 2. The fourth-order valence-electron chi connectivity index (χ4n) is 5.46. The molecule has 246 valence electrons. The molecular weight excluding hydrogens is 584 g/mol. The summed E-state index contributed by atoms with van der Waals surface area (Å²) in [7, 11) is 3.24. The van der Waals surface area contributed by atoms with Crippen LogP contribution < -0.4 is 9.47 Å². The van der Waals surface area contributed by atoms with Crippen molar-refractivity contribution in [2.24, 2.45) is 0 Å². The molecule has 0 aliphatic carbocycles. The monoisotopic (exact) mass is 636 g/mol. The van der Waals surface area contributed by atoms with Gasteiger partial charge in [-0.2, -0.15) is 0 Å². The van der Waals surface area contributed by atoms with Gasteiger partial charge in [0.15, 0.2) is 0 Å². The van der Waals surface area contributed by atoms with Gasteiger partial charge in [-0.1, -0.05) is 71.0 Å². The quantitative estimate of drug-likeness (QED) is 0.199. The highest BCUT2D eigenvalue weighted by Crippen LogP contribution is 2.40. The summed E-state index contributed by atoms with van der Waals surface area (Å²) in [5.41, 5.74) is 2.75. The summed E-state index contributed by atoms with van der Waals surface area (Å²) in [6.07, 6.45) is 3.52. The molecule has 1 aliphatic rings. The molecular formula is C36H52N4O4S. The number of methoxy groups -OCH3 is 2. The van der Waals surface area contributed by atoms with Crippen molar-refractivity contribution in [3.63, 3.8) is 0 Å². The number of hydrogen-bond acceptors (Lipinski definition) is 6. The van der Waals surface area contributed by atoms with E-state index < -0.39 is 5.54 Å². The van der Waals surface area contributed by atoms with Gasteiger partial charge in [0.25, 0.3) is 5.91 Å². The maximum absolute atomic E-state index is 13.8. The topological polar surface area (TPSA) is 75.2 Å². The van der Waals surface area contributed by atoms with E-state index in [9.17, 15) is 9.59 Å². The summed E-state index contributed by atoms with van der Waals surface area (Å²) in [4.78, 5) is 37.6. The lowest BCUT2D eigenvalue weighted by molar-refractivity contribution is 0.0734. The minimum Gasteiger partial charge on any atom is -0.497 e. The van der Waals surface area contributed by atoms with Crippen molar-refractivity contribution < 1.29 is 19.1 Å². The van der Waals surface area contributed by atoms with Crippen LogP contribution in [0.4, 0.5) is 4.79 Å². The Labute approximate surface area is 274 Å². The van der Waals surface area contributed by atoms with E-state index >= 15 is 0 Å². The first-order valence-electron chi connectivity index (χ1n) is 16.1. The summed E-state index contributed by atoms with van der Waals surface area (Å²) in [6, 6.07) is 15.5. The number of rotatable bonds is 12. The number of carbonyl (C=O) groups excluding carboxylic acids is 2. The number of carbonyl (C=O) groups is 2. The zero-order valence-corrected chi connectivity index (χ0v) is 29.7. The predicted octanol–water partition coefficient (Wildman–Crippen LogP) is 8.74. The van der Waals surface area contributed by atoms with E-state index in [1.807, 2.05) is 110 Å². The van der Waals surface area contributed by atoms with E-state index in [-0.39, 0.29) is 11.9 Å². The van der Waals surface area contributed by atoms with E-state index in [0.29, 0.717) is 49.8 Å². The molecule has 1 fully saturated rings. The Bertz CT molecular complexity index is 1370. The molecule has 0 saturated carbocycles. The maximum atomic E-state index is 13.8. The molecule has 9 heteroatoms. The molecule has 1 aliphatic heterocycles. The third-order valence-electron chi connectivity index (χ3n) is 7.65. The summed E-state index contributed by atoms with van der Waals surface area (Å²) in [5.74, 6) is 1.26. The fraction of sp³-hybridized carbons (Fsp3) is 0.472. The average Bonchev–Trinajstić information content (AvgIpc) is 3.65. The summed E-state index contributed by atoms with van der Waals surface area (Å²) in [6.45, 7) is 18.2. The number of hydrogen-bond donors (Lipinski definition) is 0. The van der Waals surface area contributed by atoms with Crippen LogP contribution in [0.3, 0.4) is 0 Å². The molecule has 1 saturated heterocycles. The predicted molar refractivity (Wildman–Crippen MR) is 186 cm³/mol. The Hall–Kier alpha value is -3.85. The second kappa shape index (κ2) is 18.2. The highest BCUT2D eigenvalue weighted by Gasteiger charge is 2.49. The normalized spacial score (nSPS) is 16.5. The molecule has 1 aromatic heterocycles. The SMILES string of the molecule is CC.CC.CC/C=C1\N(Cc2cc(OC)cc(OC)c2)C(=O)N(CC)C1(C)CCN(CC)C(=O)c1csc(-c2ccccc2)n1. The standard InChI is InChI=1S/C32H40N4O4S.2C2H6/c1-7-13-28-32(4,36(9-3)31(38)35(28)21-23-18-25(39-5)20-26(19-23)40-6)16-17-34(8-2)30(37)27-22-41-29(33-27)24-14-11-10-12-15-24;2*1-2/h10-15,18-20,22H,7-9,16-17,21H2,1-6H3;2*1-2H3/b28-13-;;. The Kier molecular flexibility index (Phi) is 15.1. The highest BCUT2D eigenvalue weighted by molar-refractivity contribution is 7.13. The Morgan fingerprint density at radius 1 is 1.00 bits per heavy atom. The minimum absolute atomic E-state index is 0.0436. The zero-order valence-electron chi connectivity index (χ0n) is 28.8. The van der Waals surface area contributed by atoms with Crippen LogP contribution in [0.25, 0.3) is 10.6 Å². The Morgan fingerprint density at radius 3 is 2.16 bits per heavy atom. The third-order valence-corrected chi connectivity index (χ3v) is 8.54. The van der Waals surface area contributed by atoms with Crippen molar-refractivity contribution >= 4 is 23.3 Å². The first kappa shape index (κ1) is 37.3. The van der Waals surface area contributed by atoms with Gasteiger partial charge < -0.3 is 19.3 Å². The fourth-order valence-corrected chi connectivity index (χ4v) is 6.26. The molecule has 45 heavy (non-hydrogen) atoms. The number of aromatic nitrogens is 1. The van der Waals surface area contributed by atoms with E-state index in [0.717, 1.165) is 28.3 Å². The van der Waals surface area contributed by atoms with E-state index in [2.05, 4.69) is 24.9 Å². The second-order valence-electron chi connectivity index (χ2n) is 10.1. The molecule has 2 heterocycles. The maximum Gasteiger partial charge on any atom is 0.325 e. The first-order chi connectivity index (χ1) is 21.8. The van der Waals surface area contributed by atoms with Crippen molar-refractivity contribution in [3.8, 4) is 22.1 Å². The largest absolute Gasteiger partial charge is 0.497 e. The van der Waals surface area contributed by atoms with Gasteiger partial charge in [0.2, 0.25) is 0 Å². The molecule has 0 radical (unpaired) electrons. The van der Waals surface area contributed by atoms with Gasteiger partial charge >= 0.3 is 6.03 Å². The van der Waals surface area contributed by atoms with Gasteiger partial charge in [-0.25, -0.2) is 9.78 Å². The van der Waals surface area contributed by atoms with Gasteiger partial charge in [-0.15, -0.1) is 11.3 Å². The highest BCUT2D eigenvalue weighted by atomic mass is 32.1. The van der Waals surface area contributed by atoms with Crippen molar-refractivity contribution in [1.29, 1.82) is 0 Å². The van der Waals surface area contributed by atoms with Crippen LogP contribution in [0, 0.1) is 0 Å². The smallest absolute Gasteiger partial charge is 0.325 e. The van der Waals surface area contributed by atoms with Crippen LogP contribution in [-0.4, -0.2) is 71.0 Å². The van der Waals surface area contributed by atoms with Crippen molar-refractivity contribution in [3.05, 3.63) is 76.9 Å². The number of urea groups is 1. The van der Waals surface area contributed by atoms with E-state index in [1.165, 1.54) is 11.3 Å². The van der Waals surface area contributed by atoms with Crippen LogP contribution in [0.5, 0.6) is 11.5 Å². The van der Waals surface area contributed by atoms with Crippen LogP contribution in [0.1, 0.15) is 84.3 Å². The molecule has 0 spiro atoms. The first-order valence-corrected chi connectivity index (χ1v) is 17.0. The molecule has 3 amide bonds. The van der Waals surface area contributed by atoms with Gasteiger partial charge in [-0.3, -0.25) is 9.69 Å². The molecule has 3 aromatic rings. The van der Waals surface area contributed by atoms with E-state index in [1.54, 1.807) is 14.2 Å². The summed E-state index contributed by atoms with van der Waals surface area (Å²) < 4.78 is 10.9.